The van der Waals surface area contributed by atoms with Crippen LogP contribution in [0.1, 0.15) is 15.9 Å². The van der Waals surface area contributed by atoms with Crippen molar-refractivity contribution in [2.45, 2.75) is 6.92 Å². The molecule has 1 N–H and O–H groups in total. The molecule has 0 saturated carbocycles. The van der Waals surface area contributed by atoms with Crippen LogP contribution in [0.3, 0.4) is 0 Å². The number of nitrogens with one attached hydrogen (secondary N) is 1. The number of nitrogens with zero attached hydrogens (tertiary/aromatic N) is 1. The molecular weight excluding hydrogens is 304 g/mol. The Morgan fingerprint density at radius 3 is 2.71 bits per heavy atom. The summed E-state index contributed by atoms with van der Waals surface area (Å²) in [6.07, 6.45) is 1.73. The Kier molecular flexibility index (Phi) is 4.33. The molecule has 0 aliphatic carbocycles. The maximum Gasteiger partial charge on any atom is 0.337 e. The minimum Gasteiger partial charge on any atom is -0.494 e. The topological polar surface area (TPSA) is 60.5 Å². The molecule has 3 rings (SSSR count). The number of aryl methyl sites for hydroxylation is 1. The van der Waals surface area contributed by atoms with Gasteiger partial charge < -0.3 is 14.8 Å². The second-order valence-electron chi connectivity index (χ2n) is 5.42. The molecule has 3 aromatic rings. The number of esters is 1. The van der Waals surface area contributed by atoms with Crippen LogP contribution in [0, 0.1) is 6.92 Å². The highest BCUT2D eigenvalue weighted by Crippen LogP contribution is 2.32. The molecule has 0 bridgehead atoms. The second kappa shape index (κ2) is 6.58. The van der Waals surface area contributed by atoms with Crippen molar-refractivity contribution in [3.8, 4) is 5.75 Å². The van der Waals surface area contributed by atoms with Gasteiger partial charge in [-0.1, -0.05) is 6.07 Å². The Balaban J connectivity index is 2.05. The van der Waals surface area contributed by atoms with Crippen molar-refractivity contribution in [3.63, 3.8) is 0 Å². The fourth-order valence-corrected chi connectivity index (χ4v) is 2.62. The first-order valence-corrected chi connectivity index (χ1v) is 7.51. The molecule has 1 heterocycles. The molecule has 0 unspecified atom stereocenters. The summed E-state index contributed by atoms with van der Waals surface area (Å²) in [6, 6.07) is 13.1. The van der Waals surface area contributed by atoms with Gasteiger partial charge in [0.2, 0.25) is 0 Å². The van der Waals surface area contributed by atoms with E-state index in [-0.39, 0.29) is 5.97 Å². The van der Waals surface area contributed by atoms with Crippen LogP contribution < -0.4 is 10.1 Å². The lowest BCUT2D eigenvalue weighted by Gasteiger charge is -2.13. The maximum atomic E-state index is 11.7. The van der Waals surface area contributed by atoms with Crippen LogP contribution in [0.15, 0.2) is 48.7 Å². The van der Waals surface area contributed by atoms with E-state index in [1.807, 2.05) is 31.2 Å². The molecule has 24 heavy (non-hydrogen) atoms. The van der Waals surface area contributed by atoms with Gasteiger partial charge in [0.1, 0.15) is 11.3 Å². The molecule has 2 aromatic carbocycles. The zero-order valence-electron chi connectivity index (χ0n) is 13.8. The fraction of sp³-hybridized carbons (Fsp3) is 0.158. The minimum atomic E-state index is -0.365. The molecule has 1 aromatic heterocycles. The van der Waals surface area contributed by atoms with E-state index >= 15 is 0 Å². The largest absolute Gasteiger partial charge is 0.494 e. The Labute approximate surface area is 140 Å². The molecule has 0 aliphatic rings. The first-order valence-electron chi connectivity index (χ1n) is 7.51. The molecule has 0 saturated heterocycles. The number of rotatable bonds is 4. The summed E-state index contributed by atoms with van der Waals surface area (Å²) in [7, 11) is 3.00. The number of carbonyl (C=O) groups excluding carboxylic acids is 1. The van der Waals surface area contributed by atoms with Crippen molar-refractivity contribution in [1.82, 2.24) is 4.98 Å². The summed E-state index contributed by atoms with van der Waals surface area (Å²) in [6.45, 7) is 2.01. The lowest BCUT2D eigenvalue weighted by molar-refractivity contribution is 0.0601. The first-order chi connectivity index (χ1) is 11.6. The normalized spacial score (nSPS) is 10.5. The van der Waals surface area contributed by atoms with Crippen molar-refractivity contribution in [1.29, 1.82) is 0 Å². The zero-order valence-corrected chi connectivity index (χ0v) is 13.8. The van der Waals surface area contributed by atoms with Crippen LogP contribution >= 0.6 is 0 Å². The third-order valence-electron chi connectivity index (χ3n) is 3.74. The highest BCUT2D eigenvalue weighted by atomic mass is 16.5. The Morgan fingerprint density at radius 1 is 1.12 bits per heavy atom. The highest BCUT2D eigenvalue weighted by Gasteiger charge is 2.10. The monoisotopic (exact) mass is 322 g/mol. The van der Waals surface area contributed by atoms with Gasteiger partial charge in [0.05, 0.1) is 19.8 Å². The van der Waals surface area contributed by atoms with E-state index in [4.69, 9.17) is 9.47 Å². The molecule has 0 spiro atoms. The fourth-order valence-electron chi connectivity index (χ4n) is 2.62. The maximum absolute atomic E-state index is 11.7. The lowest BCUT2D eigenvalue weighted by atomic mass is 10.1. The third-order valence-corrected chi connectivity index (χ3v) is 3.74. The van der Waals surface area contributed by atoms with Crippen LogP contribution in [-0.4, -0.2) is 25.2 Å². The summed E-state index contributed by atoms with van der Waals surface area (Å²) < 4.78 is 10.2. The minimum absolute atomic E-state index is 0.365. The van der Waals surface area contributed by atoms with Gasteiger partial charge in [-0.3, -0.25) is 4.98 Å². The number of benzene rings is 2. The molecule has 122 valence electrons. The standard InChI is InChI=1S/C19H18N2O3/c1-12-9-15-16(7-8-20-18(15)17(10-12)23-2)21-14-6-4-5-13(11-14)19(22)24-3/h4-11H,1-3H3,(H,20,21). The summed E-state index contributed by atoms with van der Waals surface area (Å²) in [5, 5.41) is 4.30. The number of fused-ring (bicyclic) bond motifs is 1. The van der Waals surface area contributed by atoms with E-state index in [1.54, 1.807) is 25.4 Å². The average molecular weight is 322 g/mol. The van der Waals surface area contributed by atoms with E-state index < -0.39 is 0 Å². The van der Waals surface area contributed by atoms with Crippen molar-refractivity contribution < 1.29 is 14.3 Å². The van der Waals surface area contributed by atoms with Gasteiger partial charge in [-0.05, 0) is 48.9 Å². The van der Waals surface area contributed by atoms with Crippen LogP contribution in [0.5, 0.6) is 5.75 Å². The smallest absolute Gasteiger partial charge is 0.337 e. The van der Waals surface area contributed by atoms with Crippen LogP contribution in [-0.2, 0) is 4.74 Å². The number of aromatic nitrogens is 1. The van der Waals surface area contributed by atoms with Crippen LogP contribution in [0.4, 0.5) is 11.4 Å². The summed E-state index contributed by atoms with van der Waals surface area (Å²) in [4.78, 5) is 16.1. The summed E-state index contributed by atoms with van der Waals surface area (Å²) in [5.41, 5.74) is 4.06. The van der Waals surface area contributed by atoms with Crippen molar-refractivity contribution in [3.05, 3.63) is 59.8 Å². The number of hydrogen-bond donors (Lipinski definition) is 1. The second-order valence-corrected chi connectivity index (χ2v) is 5.42. The van der Waals surface area contributed by atoms with Gasteiger partial charge >= 0.3 is 5.97 Å². The average Bonchev–Trinajstić information content (AvgIpc) is 2.61. The Morgan fingerprint density at radius 2 is 1.96 bits per heavy atom. The highest BCUT2D eigenvalue weighted by molar-refractivity contribution is 5.97. The molecule has 0 fully saturated rings. The van der Waals surface area contributed by atoms with Crippen LogP contribution in [0.25, 0.3) is 10.9 Å². The number of methoxy groups -OCH3 is 2. The zero-order chi connectivity index (χ0) is 17.1. The van der Waals surface area contributed by atoms with Gasteiger partial charge in [0.15, 0.2) is 0 Å². The summed E-state index contributed by atoms with van der Waals surface area (Å²) in [5.74, 6) is 0.368. The Hall–Kier alpha value is -3.08. The summed E-state index contributed by atoms with van der Waals surface area (Å²) >= 11 is 0. The van der Waals surface area contributed by atoms with E-state index in [0.717, 1.165) is 33.6 Å². The first kappa shape index (κ1) is 15.8. The molecular formula is C19H18N2O3. The number of anilines is 2. The molecule has 5 nitrogen and oxygen atoms in total. The van der Waals surface area contributed by atoms with E-state index in [9.17, 15) is 4.79 Å². The van der Waals surface area contributed by atoms with Gasteiger partial charge in [0, 0.05) is 23.0 Å². The number of carbonyl (C=O) groups is 1. The van der Waals surface area contributed by atoms with Crippen molar-refractivity contribution in [2.75, 3.05) is 19.5 Å². The quantitative estimate of drug-likeness (QED) is 0.733. The van der Waals surface area contributed by atoms with Gasteiger partial charge in [-0.25, -0.2) is 4.79 Å². The molecule has 0 radical (unpaired) electrons. The van der Waals surface area contributed by atoms with E-state index in [1.165, 1.54) is 7.11 Å². The predicted octanol–water partition coefficient (Wildman–Crippen LogP) is 4.08. The van der Waals surface area contributed by atoms with Crippen molar-refractivity contribution >= 4 is 28.2 Å². The van der Waals surface area contributed by atoms with Gasteiger partial charge in [-0.15, -0.1) is 0 Å². The molecule has 0 atom stereocenters. The van der Waals surface area contributed by atoms with Gasteiger partial charge in [-0.2, -0.15) is 0 Å². The molecule has 0 aliphatic heterocycles. The Bertz CT molecular complexity index is 906. The lowest BCUT2D eigenvalue weighted by Crippen LogP contribution is -2.02. The SMILES string of the molecule is COC(=O)c1cccc(Nc2ccnc3c(OC)cc(C)cc23)c1. The van der Waals surface area contributed by atoms with Crippen LogP contribution in [0.2, 0.25) is 0 Å². The predicted molar refractivity (Wildman–Crippen MR) is 94.1 cm³/mol. The van der Waals surface area contributed by atoms with E-state index in [0.29, 0.717) is 5.56 Å². The van der Waals surface area contributed by atoms with Gasteiger partial charge in [0.25, 0.3) is 0 Å². The molecule has 0 amide bonds. The number of ether oxygens (including phenoxy) is 2. The third kappa shape index (κ3) is 3.01. The number of hydrogen-bond acceptors (Lipinski definition) is 5. The van der Waals surface area contributed by atoms with Crippen molar-refractivity contribution in [2.24, 2.45) is 0 Å². The number of pyridine rings is 1. The van der Waals surface area contributed by atoms with E-state index in [2.05, 4.69) is 16.4 Å². The molecule has 5 heteroatoms.